The molecule has 0 spiro atoms. The van der Waals surface area contributed by atoms with Crippen LogP contribution in [0.1, 0.15) is 0 Å². The van der Waals surface area contributed by atoms with Gasteiger partial charge in [0, 0.05) is 0 Å². The maximum absolute atomic E-state index is 11.2. The van der Waals surface area contributed by atoms with Crippen LogP contribution < -0.4 is 0 Å². The molecule has 0 bridgehead atoms. The third-order valence-electron chi connectivity index (χ3n) is 0. The third kappa shape index (κ3) is 203. The molecule has 0 aromatic carbocycles. The molecule has 0 heterocycles. The van der Waals surface area contributed by atoms with Gasteiger partial charge in [-0.15, -0.1) is 0 Å². The zero-order chi connectivity index (χ0) is 6.41. The van der Waals surface area contributed by atoms with Gasteiger partial charge in [-0.25, -0.2) is 0 Å². The number of halogens is 6. The summed E-state index contributed by atoms with van der Waals surface area (Å²) in [5, 5.41) is 0. The second kappa shape index (κ2) is 0.952. The summed E-state index contributed by atoms with van der Waals surface area (Å²) in [6, 6.07) is 0. The Balaban J connectivity index is 4.43. The predicted molar refractivity (Wildman–Crippen MR) is 6.65 cm³/mol. The summed E-state index contributed by atoms with van der Waals surface area (Å²) < 4.78 is 59.5. The summed E-state index contributed by atoms with van der Waals surface area (Å²) in [5.41, 5.74) is 0. The van der Waals surface area contributed by atoms with Crippen LogP contribution in [-0.2, 0) is 0 Å². The SMILES string of the molecule is [F][Gd]([F])([F])([F])([F])[F]. The summed E-state index contributed by atoms with van der Waals surface area (Å²) in [5.74, 6) is 0. The summed E-state index contributed by atoms with van der Waals surface area (Å²) in [6.07, 6.45) is 0. The van der Waals surface area contributed by atoms with Crippen LogP contribution in [0.3, 0.4) is 0 Å². The first-order chi connectivity index (χ1) is 2.45. The van der Waals surface area contributed by atoms with Crippen LogP contribution in [0.25, 0.3) is 0 Å². The molecule has 0 unspecified atom stereocenters. The molecule has 0 amide bonds. The van der Waals surface area contributed by atoms with Crippen LogP contribution in [0.2, 0.25) is 0 Å². The summed E-state index contributed by atoms with van der Waals surface area (Å²) in [4.78, 5) is 0. The van der Waals surface area contributed by atoms with Crippen molar-refractivity contribution < 1.29 is 39.3 Å². The Morgan fingerprint density at radius 2 is 0.571 bits per heavy atom. The second-order valence-electron chi connectivity index (χ2n) is 0.758. The molecule has 0 aliphatic carbocycles. The van der Waals surface area contributed by atoms with Gasteiger partial charge in [0.25, 0.3) is 0 Å². The number of rotatable bonds is 0. The number of hydrogen-bond donors (Lipinski definition) is 0. The third-order valence-corrected chi connectivity index (χ3v) is 0. The first kappa shape index (κ1) is 7.90. The molecule has 0 fully saturated rings. The molecule has 0 nitrogen and oxygen atoms in total. The van der Waals surface area contributed by atoms with Gasteiger partial charge in [-0.2, -0.15) is 0 Å². The molecular weight excluding hydrogens is 271 g/mol. The van der Waals surface area contributed by atoms with E-state index in [0.717, 1.165) is 0 Å². The molecule has 0 rings (SSSR count). The zero-order valence-electron chi connectivity index (χ0n) is 2.62. The fourth-order valence-electron chi connectivity index (χ4n) is 0. The fraction of sp³-hybridized carbons (Fsp3) is 0. The van der Waals surface area contributed by atoms with E-state index in [1.54, 1.807) is 0 Å². The van der Waals surface area contributed by atoms with Crippen molar-refractivity contribution in [1.29, 1.82) is 0 Å². The van der Waals surface area contributed by atoms with E-state index < -0.39 is 32.6 Å². The van der Waals surface area contributed by atoms with Crippen LogP contribution in [0.4, 0.5) is 6.69 Å². The molecule has 7 heteroatoms. The molecule has 0 saturated heterocycles. The van der Waals surface area contributed by atoms with Crippen molar-refractivity contribution in [3.05, 3.63) is 0 Å². The Morgan fingerprint density at radius 3 is 0.571 bits per heavy atom. The molecule has 0 aromatic heterocycles. The molecule has 0 aliphatic heterocycles. The van der Waals surface area contributed by atoms with E-state index in [1.165, 1.54) is 0 Å². The minimum atomic E-state index is -11.2. The molecule has 0 N–H and O–H groups in total. The predicted octanol–water partition coefficient (Wildman–Crippen LogP) is 2.52. The van der Waals surface area contributed by atoms with E-state index in [4.69, 9.17) is 0 Å². The molecular formula is F6Gd. The van der Waals surface area contributed by atoms with Crippen molar-refractivity contribution in [3.63, 3.8) is 0 Å². The molecule has 0 atom stereocenters. The molecule has 0 radical (unpaired) electrons. The monoisotopic (exact) mass is 272 g/mol. The van der Waals surface area contributed by atoms with Crippen molar-refractivity contribution in [2.75, 3.05) is 0 Å². The van der Waals surface area contributed by atoms with E-state index in [9.17, 15) is 6.69 Å². The molecule has 0 aliphatic rings. The summed E-state index contributed by atoms with van der Waals surface area (Å²) >= 11 is -11.2. The Kier molecular flexibility index (Phi) is 1.07. The topological polar surface area (TPSA) is 0 Å². The quantitative estimate of drug-likeness (QED) is 0.594. The van der Waals surface area contributed by atoms with Crippen molar-refractivity contribution in [1.82, 2.24) is 0 Å². The van der Waals surface area contributed by atoms with Gasteiger partial charge in [-0.3, -0.25) is 0 Å². The van der Waals surface area contributed by atoms with Crippen LogP contribution in [0, 0.1) is 32.6 Å². The molecule has 0 aromatic rings. The standard InChI is InChI=1S/6FH.Gd/h6*1H;/q;;;;;;+6/p-6. The second-order valence-corrected chi connectivity index (χ2v) is 5.62. The van der Waals surface area contributed by atoms with Crippen LogP contribution in [-0.4, -0.2) is 0 Å². The molecule has 7 heavy (non-hydrogen) atoms. The Morgan fingerprint density at radius 1 is 0.571 bits per heavy atom. The van der Waals surface area contributed by atoms with Gasteiger partial charge in [-0.1, -0.05) is 0 Å². The van der Waals surface area contributed by atoms with Gasteiger partial charge in [0.1, 0.15) is 0 Å². The number of hydrogen-bond acceptors (Lipinski definition) is 0. The van der Waals surface area contributed by atoms with E-state index in [1.807, 2.05) is 0 Å². The van der Waals surface area contributed by atoms with E-state index in [0.29, 0.717) is 0 Å². The van der Waals surface area contributed by atoms with Crippen LogP contribution >= 0.6 is 0 Å². The van der Waals surface area contributed by atoms with Gasteiger partial charge in [-0.05, 0) is 0 Å². The first-order valence-electron chi connectivity index (χ1n) is 0.802. The van der Waals surface area contributed by atoms with Gasteiger partial charge < -0.3 is 0 Å². The van der Waals surface area contributed by atoms with Crippen molar-refractivity contribution in [2.24, 2.45) is 0 Å². The van der Waals surface area contributed by atoms with Crippen molar-refractivity contribution >= 4 is 0 Å². The maximum atomic E-state index is 9.92. The van der Waals surface area contributed by atoms with E-state index >= 15 is 0 Å². The van der Waals surface area contributed by atoms with Crippen molar-refractivity contribution in [3.8, 4) is 0 Å². The molecule has 50 valence electrons. The van der Waals surface area contributed by atoms with Crippen LogP contribution in [0.15, 0.2) is 0 Å². The summed E-state index contributed by atoms with van der Waals surface area (Å²) in [6.45, 7) is 0. The van der Waals surface area contributed by atoms with Gasteiger partial charge >= 0.3 is 39.3 Å². The fourth-order valence-corrected chi connectivity index (χ4v) is 0. The molecule has 0 saturated carbocycles. The average molecular weight is 271 g/mol. The van der Waals surface area contributed by atoms with E-state index in [-0.39, 0.29) is 0 Å². The van der Waals surface area contributed by atoms with E-state index in [2.05, 4.69) is 0 Å². The van der Waals surface area contributed by atoms with Gasteiger partial charge in [0.15, 0.2) is 0 Å². The Hall–Kier alpha value is 0.905. The Bertz CT molecular complexity index is 62.7. The van der Waals surface area contributed by atoms with Gasteiger partial charge in [0.2, 0.25) is 0 Å². The Labute approximate surface area is 39.0 Å². The first-order valence-corrected chi connectivity index (χ1v) is 5.95. The zero-order valence-corrected chi connectivity index (χ0v) is 4.89. The summed E-state index contributed by atoms with van der Waals surface area (Å²) in [7, 11) is 0. The van der Waals surface area contributed by atoms with Crippen LogP contribution in [0.5, 0.6) is 0 Å². The average Bonchev–Trinajstić information content (AvgIpc) is 0.592. The normalized spacial score (nSPS) is 23.1. The van der Waals surface area contributed by atoms with Crippen molar-refractivity contribution in [2.45, 2.75) is 0 Å². The minimum absolute atomic E-state index is 9.92. The van der Waals surface area contributed by atoms with Gasteiger partial charge in [0.05, 0.1) is 0 Å².